The highest BCUT2D eigenvalue weighted by Crippen LogP contribution is 2.27. The molecule has 1 heterocycles. The molecule has 24 heavy (non-hydrogen) atoms. The summed E-state index contributed by atoms with van der Waals surface area (Å²) in [4.78, 5) is 14.8. The van der Waals surface area contributed by atoms with Gasteiger partial charge < -0.3 is 14.9 Å². The molecule has 1 atom stereocenters. The predicted molar refractivity (Wildman–Crippen MR) is 89.8 cm³/mol. The van der Waals surface area contributed by atoms with Crippen LogP contribution in [-0.4, -0.2) is 56.4 Å². The van der Waals surface area contributed by atoms with E-state index in [1.165, 1.54) is 17.0 Å². The number of nitriles is 1. The quantitative estimate of drug-likeness (QED) is 0.891. The van der Waals surface area contributed by atoms with E-state index in [-0.39, 0.29) is 22.4 Å². The number of amides is 1. The monoisotopic (exact) mass is 351 g/mol. The molecule has 1 aromatic carbocycles. The predicted octanol–water partition coefficient (Wildman–Crippen LogP) is 1.79. The number of anilines is 1. The van der Waals surface area contributed by atoms with E-state index in [1.807, 2.05) is 24.8 Å². The number of sulfone groups is 1. The van der Waals surface area contributed by atoms with Crippen LogP contribution in [-0.2, 0) is 9.84 Å². The Bertz CT molecular complexity index is 783. The van der Waals surface area contributed by atoms with Crippen molar-refractivity contribution in [3.8, 4) is 6.07 Å². The van der Waals surface area contributed by atoms with Crippen LogP contribution >= 0.6 is 0 Å². The van der Waals surface area contributed by atoms with Crippen LogP contribution in [0, 0.1) is 17.2 Å². The maximum absolute atomic E-state index is 11.9. The molecule has 130 valence electrons. The molecule has 1 fully saturated rings. The molecule has 1 saturated heterocycles. The molecule has 0 aromatic heterocycles. The Morgan fingerprint density at radius 2 is 2.04 bits per heavy atom. The zero-order valence-corrected chi connectivity index (χ0v) is 14.7. The lowest BCUT2D eigenvalue weighted by atomic mass is 9.99. The van der Waals surface area contributed by atoms with E-state index in [4.69, 9.17) is 5.26 Å². The molecule has 0 bridgehead atoms. The topological polar surface area (TPSA) is 102 Å². The molecule has 8 heteroatoms. The lowest BCUT2D eigenvalue weighted by Gasteiger charge is -2.43. The summed E-state index contributed by atoms with van der Waals surface area (Å²) in [5.41, 5.74) is 0.802. The standard InChI is InChI=1S/C16H21N3O4S/c1-11(2)14-10-18(6-7-19(14)16(20)21)13-5-4-12(9-17)15(8-13)24(3,22)23/h4-5,8,11,14H,6-7,10H2,1-3H3,(H,20,21)/t14-/m0/s1. The Morgan fingerprint density at radius 1 is 1.38 bits per heavy atom. The second kappa shape index (κ2) is 6.69. The molecule has 1 aliphatic heterocycles. The molecule has 7 nitrogen and oxygen atoms in total. The molecule has 2 rings (SSSR count). The van der Waals surface area contributed by atoms with Crippen molar-refractivity contribution >= 4 is 21.6 Å². The van der Waals surface area contributed by atoms with Gasteiger partial charge in [-0.15, -0.1) is 0 Å². The van der Waals surface area contributed by atoms with Gasteiger partial charge in [-0.25, -0.2) is 13.2 Å². The van der Waals surface area contributed by atoms with E-state index in [0.717, 1.165) is 6.26 Å². The molecule has 0 radical (unpaired) electrons. The third-order valence-electron chi connectivity index (χ3n) is 4.28. The minimum atomic E-state index is -3.51. The van der Waals surface area contributed by atoms with Crippen molar-refractivity contribution in [3.63, 3.8) is 0 Å². The van der Waals surface area contributed by atoms with Gasteiger partial charge in [0, 0.05) is 31.6 Å². The second-order valence-electron chi connectivity index (χ2n) is 6.30. The van der Waals surface area contributed by atoms with Gasteiger partial charge in [-0.1, -0.05) is 13.8 Å². The van der Waals surface area contributed by atoms with Crippen LogP contribution < -0.4 is 4.90 Å². The van der Waals surface area contributed by atoms with Crippen LogP contribution in [0.15, 0.2) is 23.1 Å². The lowest BCUT2D eigenvalue weighted by Crippen LogP contribution is -2.57. The van der Waals surface area contributed by atoms with Crippen LogP contribution in [0.1, 0.15) is 19.4 Å². The van der Waals surface area contributed by atoms with E-state index in [0.29, 0.717) is 25.3 Å². The Morgan fingerprint density at radius 3 is 2.54 bits per heavy atom. The van der Waals surface area contributed by atoms with E-state index in [2.05, 4.69) is 0 Å². The summed E-state index contributed by atoms with van der Waals surface area (Å²) in [6.45, 7) is 5.24. The molecular formula is C16H21N3O4S. The first kappa shape index (κ1) is 18.1. The van der Waals surface area contributed by atoms with Crippen LogP contribution in [0.4, 0.5) is 10.5 Å². The Labute approximate surface area is 142 Å². The van der Waals surface area contributed by atoms with E-state index in [1.54, 1.807) is 6.07 Å². The van der Waals surface area contributed by atoms with Gasteiger partial charge in [0.2, 0.25) is 0 Å². The van der Waals surface area contributed by atoms with Gasteiger partial charge in [0.25, 0.3) is 0 Å². The van der Waals surface area contributed by atoms with Crippen molar-refractivity contribution in [1.82, 2.24) is 4.90 Å². The van der Waals surface area contributed by atoms with Crippen molar-refractivity contribution in [1.29, 1.82) is 5.26 Å². The Hall–Kier alpha value is -2.27. The normalized spacial score (nSPS) is 18.5. The fraction of sp³-hybridized carbons (Fsp3) is 0.500. The number of rotatable bonds is 3. The zero-order chi connectivity index (χ0) is 18.1. The highest BCUT2D eigenvalue weighted by Gasteiger charge is 2.32. The summed E-state index contributed by atoms with van der Waals surface area (Å²) in [7, 11) is -3.51. The molecular weight excluding hydrogens is 330 g/mol. The van der Waals surface area contributed by atoms with Crippen LogP contribution in [0.2, 0.25) is 0 Å². The van der Waals surface area contributed by atoms with Gasteiger partial charge in [0.05, 0.1) is 16.5 Å². The number of piperazine rings is 1. The van der Waals surface area contributed by atoms with Gasteiger partial charge in [-0.2, -0.15) is 5.26 Å². The van der Waals surface area contributed by atoms with Crippen LogP contribution in [0.3, 0.4) is 0 Å². The van der Waals surface area contributed by atoms with Crippen LogP contribution in [0.25, 0.3) is 0 Å². The number of benzene rings is 1. The minimum absolute atomic E-state index is 0.00395. The third-order valence-corrected chi connectivity index (χ3v) is 5.42. The molecule has 1 aromatic rings. The number of nitrogens with zero attached hydrogens (tertiary/aromatic N) is 3. The first-order valence-corrected chi connectivity index (χ1v) is 9.53. The summed E-state index contributed by atoms with van der Waals surface area (Å²) < 4.78 is 23.8. The summed E-state index contributed by atoms with van der Waals surface area (Å²) in [5, 5.41) is 18.4. The van der Waals surface area contributed by atoms with Gasteiger partial charge in [-0.3, -0.25) is 0 Å². The highest BCUT2D eigenvalue weighted by molar-refractivity contribution is 7.90. The summed E-state index contributed by atoms with van der Waals surface area (Å²) >= 11 is 0. The third kappa shape index (κ3) is 3.62. The molecule has 0 spiro atoms. The smallest absolute Gasteiger partial charge is 0.407 e. The Balaban J connectivity index is 2.36. The van der Waals surface area contributed by atoms with Gasteiger partial charge in [0.1, 0.15) is 6.07 Å². The van der Waals surface area contributed by atoms with Crippen molar-refractivity contribution in [3.05, 3.63) is 23.8 Å². The average molecular weight is 351 g/mol. The molecule has 0 aliphatic carbocycles. The van der Waals surface area contributed by atoms with Crippen molar-refractivity contribution in [2.75, 3.05) is 30.8 Å². The van der Waals surface area contributed by atoms with Gasteiger partial charge in [0.15, 0.2) is 9.84 Å². The number of carboxylic acid groups (broad SMARTS) is 1. The Kier molecular flexibility index (Phi) is 5.04. The average Bonchev–Trinajstić information content (AvgIpc) is 2.52. The minimum Gasteiger partial charge on any atom is -0.465 e. The number of carbonyl (C=O) groups is 1. The molecule has 1 amide bonds. The van der Waals surface area contributed by atoms with Crippen LogP contribution in [0.5, 0.6) is 0 Å². The molecule has 0 unspecified atom stereocenters. The van der Waals surface area contributed by atoms with Crippen molar-refractivity contribution in [2.45, 2.75) is 24.8 Å². The maximum atomic E-state index is 11.9. The first-order valence-electron chi connectivity index (χ1n) is 7.64. The summed E-state index contributed by atoms with van der Waals surface area (Å²) in [5.74, 6) is 0.136. The molecule has 0 saturated carbocycles. The van der Waals surface area contributed by atoms with Crippen molar-refractivity contribution < 1.29 is 18.3 Å². The SMILES string of the molecule is CC(C)[C@@H]1CN(c2ccc(C#N)c(S(C)(=O)=O)c2)CCN1C(=O)O. The van der Waals surface area contributed by atoms with E-state index in [9.17, 15) is 18.3 Å². The number of hydrogen-bond donors (Lipinski definition) is 1. The van der Waals surface area contributed by atoms with E-state index < -0.39 is 15.9 Å². The fourth-order valence-electron chi connectivity index (χ4n) is 2.96. The van der Waals surface area contributed by atoms with E-state index >= 15 is 0 Å². The lowest BCUT2D eigenvalue weighted by molar-refractivity contribution is 0.103. The first-order chi connectivity index (χ1) is 11.1. The van der Waals surface area contributed by atoms with Gasteiger partial charge in [-0.05, 0) is 24.1 Å². The summed E-state index contributed by atoms with van der Waals surface area (Å²) in [6, 6.07) is 6.44. The molecule has 1 N–H and O–H groups in total. The van der Waals surface area contributed by atoms with Gasteiger partial charge >= 0.3 is 6.09 Å². The highest BCUT2D eigenvalue weighted by atomic mass is 32.2. The summed E-state index contributed by atoms with van der Waals surface area (Å²) in [6.07, 6.45) is 0.136. The zero-order valence-electron chi connectivity index (χ0n) is 13.9. The van der Waals surface area contributed by atoms with Crippen molar-refractivity contribution in [2.24, 2.45) is 5.92 Å². The number of hydrogen-bond acceptors (Lipinski definition) is 5. The fourth-order valence-corrected chi connectivity index (χ4v) is 3.81. The molecule has 1 aliphatic rings. The largest absolute Gasteiger partial charge is 0.465 e. The maximum Gasteiger partial charge on any atom is 0.407 e. The second-order valence-corrected chi connectivity index (χ2v) is 8.28.